The minimum absolute atomic E-state index is 0.454. The Hall–Kier alpha value is -0.520. The van der Waals surface area contributed by atoms with Crippen LogP contribution in [-0.2, 0) is 33.5 Å². The van der Waals surface area contributed by atoms with Crippen LogP contribution in [0.3, 0.4) is 0 Å². The molecule has 6 N–H and O–H groups in total. The van der Waals surface area contributed by atoms with Gasteiger partial charge < -0.3 is 28.6 Å². The Labute approximate surface area is 186 Å². The van der Waals surface area contributed by atoms with Crippen LogP contribution in [0.25, 0.3) is 0 Å². The second-order valence-electron chi connectivity index (χ2n) is 6.01. The minimum atomic E-state index is 0.454. The molecule has 0 fully saturated rings. The van der Waals surface area contributed by atoms with E-state index >= 15 is 0 Å². The van der Waals surface area contributed by atoms with E-state index in [-0.39, 0.29) is 0 Å². The van der Waals surface area contributed by atoms with Gasteiger partial charge in [-0.2, -0.15) is 0 Å². The van der Waals surface area contributed by atoms with Crippen LogP contribution in [-0.4, -0.2) is 106 Å². The smallest absolute Gasteiger partial charge is 0.1000 e. The highest BCUT2D eigenvalue weighted by Crippen LogP contribution is 1.79. The molecule has 13 heteroatoms. The standard InChI is InChI=1S/C18H44N6O7/c1-3-29-23-9-12-30-24-8-11-26-13-14-31-22-6-4-5-19-16-27-10-7-20-17-28-18-21-15-25-2/h19-24H,3-18H2,1-2H3. The number of hydroxylamine groups is 3. The van der Waals surface area contributed by atoms with Gasteiger partial charge in [0.15, 0.2) is 0 Å². The third-order valence-corrected chi connectivity index (χ3v) is 3.35. The van der Waals surface area contributed by atoms with Gasteiger partial charge in [0.1, 0.15) is 0 Å². The summed E-state index contributed by atoms with van der Waals surface area (Å²) in [6.45, 7) is 10.8. The van der Waals surface area contributed by atoms with Crippen LogP contribution in [0.5, 0.6) is 0 Å². The highest BCUT2D eigenvalue weighted by molar-refractivity contribution is 4.45. The Bertz CT molecular complexity index is 297. The summed E-state index contributed by atoms with van der Waals surface area (Å²) < 4.78 is 21.0. The van der Waals surface area contributed by atoms with Gasteiger partial charge in [-0.15, -0.1) is 0 Å². The first-order valence-corrected chi connectivity index (χ1v) is 10.8. The molecule has 0 saturated carbocycles. The minimum Gasteiger partial charge on any atom is -0.378 e. The first-order valence-electron chi connectivity index (χ1n) is 10.8. The number of rotatable bonds is 28. The van der Waals surface area contributed by atoms with Crippen LogP contribution in [0.1, 0.15) is 13.3 Å². The van der Waals surface area contributed by atoms with Gasteiger partial charge >= 0.3 is 0 Å². The lowest BCUT2D eigenvalue weighted by Gasteiger charge is -2.09. The van der Waals surface area contributed by atoms with Gasteiger partial charge in [0.2, 0.25) is 0 Å². The molecule has 0 unspecified atom stereocenters. The van der Waals surface area contributed by atoms with Gasteiger partial charge in [0.05, 0.1) is 66.6 Å². The monoisotopic (exact) mass is 456 g/mol. The molecule has 0 spiro atoms. The lowest BCUT2D eigenvalue weighted by Crippen LogP contribution is -2.29. The summed E-state index contributed by atoms with van der Waals surface area (Å²) in [6, 6.07) is 0. The molecule has 0 atom stereocenters. The maximum Gasteiger partial charge on any atom is 0.1000 e. The van der Waals surface area contributed by atoms with Crippen LogP contribution in [0.2, 0.25) is 0 Å². The fraction of sp³-hybridized carbons (Fsp3) is 1.00. The molecule has 0 aromatic rings. The Balaban J connectivity index is 2.98. The van der Waals surface area contributed by atoms with E-state index in [1.807, 2.05) is 6.92 Å². The molecule has 0 aromatic heterocycles. The Morgan fingerprint density at radius 2 is 1.19 bits per heavy atom. The zero-order valence-electron chi connectivity index (χ0n) is 19.2. The SMILES string of the molecule is CCONCCONCCOCCONCCCNCOCCNCOCNCOC. The zero-order chi connectivity index (χ0) is 22.5. The molecule has 31 heavy (non-hydrogen) atoms. The van der Waals surface area contributed by atoms with Crippen molar-refractivity contribution in [3.05, 3.63) is 0 Å². The Morgan fingerprint density at radius 3 is 2.06 bits per heavy atom. The van der Waals surface area contributed by atoms with Gasteiger partial charge in [-0.1, -0.05) is 0 Å². The molecular weight excluding hydrogens is 412 g/mol. The molecule has 0 aromatic carbocycles. The van der Waals surface area contributed by atoms with E-state index in [4.69, 9.17) is 33.5 Å². The Kier molecular flexibility index (Phi) is 29.0. The topological polar surface area (TPSA) is 137 Å². The van der Waals surface area contributed by atoms with E-state index < -0.39 is 0 Å². The summed E-state index contributed by atoms with van der Waals surface area (Å²) in [5.74, 6) is 0. The van der Waals surface area contributed by atoms with E-state index in [0.29, 0.717) is 79.7 Å². The molecule has 13 nitrogen and oxygen atoms in total. The fourth-order valence-electron chi connectivity index (χ4n) is 1.93. The third-order valence-electron chi connectivity index (χ3n) is 3.35. The molecule has 0 radical (unpaired) electrons. The summed E-state index contributed by atoms with van der Waals surface area (Å²) in [7, 11) is 1.63. The van der Waals surface area contributed by atoms with Crippen molar-refractivity contribution in [1.29, 1.82) is 0 Å². The summed E-state index contributed by atoms with van der Waals surface area (Å²) in [5.41, 5.74) is 8.48. The van der Waals surface area contributed by atoms with Crippen molar-refractivity contribution in [3.8, 4) is 0 Å². The van der Waals surface area contributed by atoms with Crippen molar-refractivity contribution in [2.45, 2.75) is 13.3 Å². The first-order chi connectivity index (χ1) is 15.4. The highest BCUT2D eigenvalue weighted by Gasteiger charge is 1.93. The van der Waals surface area contributed by atoms with Crippen LogP contribution < -0.4 is 32.4 Å². The summed E-state index contributed by atoms with van der Waals surface area (Å²) in [5, 5.41) is 9.26. The lowest BCUT2D eigenvalue weighted by atomic mass is 10.4. The molecule has 0 amide bonds. The van der Waals surface area contributed by atoms with E-state index in [9.17, 15) is 0 Å². The number of hydrogen-bond acceptors (Lipinski definition) is 13. The lowest BCUT2D eigenvalue weighted by molar-refractivity contribution is -0.0244. The van der Waals surface area contributed by atoms with Crippen molar-refractivity contribution >= 4 is 0 Å². The maximum atomic E-state index is 5.45. The molecule has 0 aliphatic heterocycles. The van der Waals surface area contributed by atoms with Crippen molar-refractivity contribution in [2.75, 3.05) is 106 Å². The van der Waals surface area contributed by atoms with Gasteiger partial charge in [-0.25, -0.2) is 16.4 Å². The van der Waals surface area contributed by atoms with Gasteiger partial charge in [-0.3, -0.25) is 20.8 Å². The van der Waals surface area contributed by atoms with Crippen molar-refractivity contribution in [3.63, 3.8) is 0 Å². The average molecular weight is 457 g/mol. The van der Waals surface area contributed by atoms with Gasteiger partial charge in [0.25, 0.3) is 0 Å². The van der Waals surface area contributed by atoms with Crippen LogP contribution in [0.4, 0.5) is 0 Å². The number of methoxy groups -OCH3 is 1. The van der Waals surface area contributed by atoms with E-state index in [0.717, 1.165) is 26.1 Å². The first kappa shape index (κ1) is 30.5. The van der Waals surface area contributed by atoms with Crippen LogP contribution >= 0.6 is 0 Å². The summed E-state index contributed by atoms with van der Waals surface area (Å²) in [6.07, 6.45) is 0.935. The zero-order valence-corrected chi connectivity index (χ0v) is 19.2. The second kappa shape index (κ2) is 29.5. The molecule has 0 heterocycles. The normalized spacial score (nSPS) is 11.4. The van der Waals surface area contributed by atoms with Crippen LogP contribution in [0, 0.1) is 0 Å². The average Bonchev–Trinajstić information content (AvgIpc) is 2.78. The predicted octanol–water partition coefficient (Wildman–Crippen LogP) is -1.74. The third kappa shape index (κ3) is 29.5. The van der Waals surface area contributed by atoms with Crippen LogP contribution in [0.15, 0.2) is 0 Å². The molecule has 0 saturated heterocycles. The molecule has 0 bridgehead atoms. The van der Waals surface area contributed by atoms with Crippen molar-refractivity contribution in [1.82, 2.24) is 32.4 Å². The van der Waals surface area contributed by atoms with Gasteiger partial charge in [0, 0.05) is 33.3 Å². The number of nitrogens with one attached hydrogen (secondary N) is 6. The number of ether oxygens (including phenoxy) is 4. The van der Waals surface area contributed by atoms with E-state index in [1.165, 1.54) is 0 Å². The maximum absolute atomic E-state index is 5.45. The molecule has 0 rings (SSSR count). The van der Waals surface area contributed by atoms with E-state index in [1.54, 1.807) is 7.11 Å². The predicted molar refractivity (Wildman–Crippen MR) is 116 cm³/mol. The molecule has 0 aliphatic rings. The fourth-order valence-corrected chi connectivity index (χ4v) is 1.93. The Morgan fingerprint density at radius 1 is 0.516 bits per heavy atom. The summed E-state index contributed by atoms with van der Waals surface area (Å²) in [4.78, 5) is 15.4. The largest absolute Gasteiger partial charge is 0.378 e. The van der Waals surface area contributed by atoms with Gasteiger partial charge in [-0.05, 0) is 19.9 Å². The highest BCUT2D eigenvalue weighted by atomic mass is 16.7. The van der Waals surface area contributed by atoms with Crippen molar-refractivity contribution in [2.24, 2.45) is 0 Å². The van der Waals surface area contributed by atoms with E-state index in [2.05, 4.69) is 32.4 Å². The molecule has 0 aliphatic carbocycles. The molecule has 188 valence electrons. The summed E-state index contributed by atoms with van der Waals surface area (Å²) >= 11 is 0. The quantitative estimate of drug-likeness (QED) is 0.0452. The van der Waals surface area contributed by atoms with Crippen molar-refractivity contribution < 1.29 is 33.5 Å². The second-order valence-corrected chi connectivity index (χ2v) is 6.01. The number of hydrogen-bond donors (Lipinski definition) is 6. The molecular formula is C18H44N6O7.